The van der Waals surface area contributed by atoms with Gasteiger partial charge in [-0.15, -0.1) is 0 Å². The highest BCUT2D eigenvalue weighted by Crippen LogP contribution is 2.33. The van der Waals surface area contributed by atoms with Gasteiger partial charge in [0.2, 0.25) is 5.88 Å². The summed E-state index contributed by atoms with van der Waals surface area (Å²) in [7, 11) is 0. The van der Waals surface area contributed by atoms with Gasteiger partial charge in [0.15, 0.2) is 4.80 Å². The van der Waals surface area contributed by atoms with E-state index in [1.165, 1.54) is 30.6 Å². The van der Waals surface area contributed by atoms with Crippen molar-refractivity contribution in [2.45, 2.75) is 38.1 Å². The molecule has 138 valence electrons. The topological polar surface area (TPSA) is 49.9 Å². The Morgan fingerprint density at radius 1 is 0.889 bits per heavy atom. The number of aliphatic imine (C=N–C) groups is 1. The molecule has 0 unspecified atom stereocenters. The van der Waals surface area contributed by atoms with Crippen LogP contribution in [0.15, 0.2) is 70.6 Å². The molecule has 27 heavy (non-hydrogen) atoms. The molecule has 1 fully saturated rings. The van der Waals surface area contributed by atoms with Crippen molar-refractivity contribution >= 4 is 28.9 Å². The van der Waals surface area contributed by atoms with Gasteiger partial charge in [-0.05, 0) is 37.1 Å². The molecule has 0 aliphatic heterocycles. The molecule has 3 aromatic rings. The van der Waals surface area contributed by atoms with Crippen LogP contribution < -0.4 is 4.80 Å². The van der Waals surface area contributed by atoms with Gasteiger partial charge in [0.05, 0.1) is 17.6 Å². The molecule has 1 N–H and O–H groups in total. The normalized spacial score (nSPS) is 16.2. The first-order valence-corrected chi connectivity index (χ1v) is 10.3. The lowest BCUT2D eigenvalue weighted by Crippen LogP contribution is -2.22. The van der Waals surface area contributed by atoms with Crippen LogP contribution in [0, 0.1) is 0 Å². The second kappa shape index (κ2) is 8.35. The minimum Gasteiger partial charge on any atom is -0.493 e. The van der Waals surface area contributed by atoms with E-state index >= 15 is 0 Å². The lowest BCUT2D eigenvalue weighted by molar-refractivity contribution is 0.307. The Balaban J connectivity index is 1.77. The Morgan fingerprint density at radius 3 is 2.19 bits per heavy atom. The van der Waals surface area contributed by atoms with E-state index in [4.69, 9.17) is 4.99 Å². The maximum Gasteiger partial charge on any atom is 0.213 e. The molecule has 1 heterocycles. The zero-order valence-electron chi connectivity index (χ0n) is 15.2. The standard InChI is InChI=1S/C22H23N3OS/c26-21-20(16-23-17-10-4-1-5-11-17)27-22(24-18-12-6-2-7-13-18)25(21)19-14-8-3-9-15-19/h1-2,4-7,10-13,16,19,26H,3,8-9,14-15H2. The molecule has 0 spiro atoms. The average molecular weight is 378 g/mol. The summed E-state index contributed by atoms with van der Waals surface area (Å²) in [5.74, 6) is 0.279. The molecule has 0 amide bonds. The summed E-state index contributed by atoms with van der Waals surface area (Å²) >= 11 is 1.49. The number of aromatic hydroxyl groups is 1. The largest absolute Gasteiger partial charge is 0.493 e. The fraction of sp³-hybridized carbons (Fsp3) is 0.273. The molecular weight excluding hydrogens is 354 g/mol. The Kier molecular flexibility index (Phi) is 5.49. The number of hydrogen-bond acceptors (Lipinski definition) is 4. The van der Waals surface area contributed by atoms with Crippen LogP contribution >= 0.6 is 11.3 Å². The third-order valence-corrected chi connectivity index (χ3v) is 5.84. The van der Waals surface area contributed by atoms with Crippen molar-refractivity contribution in [1.29, 1.82) is 0 Å². The first kappa shape index (κ1) is 17.7. The predicted molar refractivity (Wildman–Crippen MR) is 111 cm³/mol. The first-order valence-electron chi connectivity index (χ1n) is 9.44. The van der Waals surface area contributed by atoms with Crippen LogP contribution in [0.5, 0.6) is 5.88 Å². The smallest absolute Gasteiger partial charge is 0.213 e. The average Bonchev–Trinajstić information content (AvgIpc) is 3.03. The predicted octanol–water partition coefficient (Wildman–Crippen LogP) is 5.74. The van der Waals surface area contributed by atoms with Crippen LogP contribution in [-0.4, -0.2) is 15.9 Å². The summed E-state index contributed by atoms with van der Waals surface area (Å²) < 4.78 is 2.02. The third-order valence-electron chi connectivity index (χ3n) is 4.86. The van der Waals surface area contributed by atoms with Crippen LogP contribution in [0.1, 0.15) is 43.0 Å². The number of nitrogens with zero attached hydrogens (tertiary/aromatic N) is 3. The van der Waals surface area contributed by atoms with Gasteiger partial charge >= 0.3 is 0 Å². The van der Waals surface area contributed by atoms with Crippen LogP contribution in [-0.2, 0) is 0 Å². The lowest BCUT2D eigenvalue weighted by Gasteiger charge is -2.23. The van der Waals surface area contributed by atoms with E-state index < -0.39 is 0 Å². The first-order chi connectivity index (χ1) is 13.3. The summed E-state index contributed by atoms with van der Waals surface area (Å²) in [6, 6.07) is 20.0. The number of aromatic nitrogens is 1. The Labute approximate surface area is 163 Å². The van der Waals surface area contributed by atoms with Gasteiger partial charge in [0, 0.05) is 6.04 Å². The van der Waals surface area contributed by atoms with Crippen molar-refractivity contribution in [3.63, 3.8) is 0 Å². The summed E-state index contributed by atoms with van der Waals surface area (Å²) in [6.45, 7) is 0. The molecule has 4 nitrogen and oxygen atoms in total. The minimum atomic E-state index is 0.279. The number of thiazole rings is 1. The van der Waals surface area contributed by atoms with Crippen molar-refractivity contribution < 1.29 is 5.11 Å². The van der Waals surface area contributed by atoms with Gasteiger partial charge in [-0.3, -0.25) is 9.56 Å². The lowest BCUT2D eigenvalue weighted by atomic mass is 9.95. The van der Waals surface area contributed by atoms with E-state index in [1.807, 2.05) is 65.2 Å². The summed E-state index contributed by atoms with van der Waals surface area (Å²) in [5.41, 5.74) is 1.77. The van der Waals surface area contributed by atoms with Crippen molar-refractivity contribution in [3.8, 4) is 5.88 Å². The van der Waals surface area contributed by atoms with Crippen LogP contribution in [0.4, 0.5) is 11.4 Å². The van der Waals surface area contributed by atoms with E-state index in [2.05, 4.69) is 4.99 Å². The zero-order valence-corrected chi connectivity index (χ0v) is 16.0. The molecule has 1 aliphatic rings. The monoisotopic (exact) mass is 377 g/mol. The SMILES string of the molecule is Oc1c(C=Nc2ccccc2)sc(=Nc2ccccc2)n1C1CCCCC1. The van der Waals surface area contributed by atoms with Crippen LogP contribution in [0.3, 0.4) is 0 Å². The third kappa shape index (κ3) is 4.19. The Hall–Kier alpha value is -2.66. The van der Waals surface area contributed by atoms with Gasteiger partial charge < -0.3 is 5.11 Å². The van der Waals surface area contributed by atoms with Crippen LogP contribution in [0.25, 0.3) is 0 Å². The number of para-hydroxylation sites is 2. The molecule has 0 atom stereocenters. The van der Waals surface area contributed by atoms with E-state index in [0.29, 0.717) is 6.04 Å². The Bertz CT molecular complexity index is 968. The van der Waals surface area contributed by atoms with Gasteiger partial charge in [-0.2, -0.15) is 0 Å². The van der Waals surface area contributed by atoms with Crippen molar-refractivity contribution in [2.75, 3.05) is 0 Å². The molecular formula is C22H23N3OS. The van der Waals surface area contributed by atoms with E-state index in [1.54, 1.807) is 6.21 Å². The van der Waals surface area contributed by atoms with Gasteiger partial charge in [-0.1, -0.05) is 67.0 Å². The van der Waals surface area contributed by atoms with E-state index in [0.717, 1.165) is 33.9 Å². The van der Waals surface area contributed by atoms with Crippen LogP contribution in [0.2, 0.25) is 0 Å². The number of hydrogen-bond donors (Lipinski definition) is 1. The molecule has 0 bridgehead atoms. The van der Waals surface area contributed by atoms with Gasteiger partial charge in [0.25, 0.3) is 0 Å². The molecule has 0 saturated heterocycles. The van der Waals surface area contributed by atoms with Gasteiger partial charge in [-0.25, -0.2) is 4.99 Å². The Morgan fingerprint density at radius 2 is 1.52 bits per heavy atom. The summed E-state index contributed by atoms with van der Waals surface area (Å²) in [4.78, 5) is 10.9. The molecule has 1 saturated carbocycles. The highest BCUT2D eigenvalue weighted by Gasteiger charge is 2.22. The van der Waals surface area contributed by atoms with Gasteiger partial charge in [0.1, 0.15) is 4.88 Å². The highest BCUT2D eigenvalue weighted by atomic mass is 32.1. The van der Waals surface area contributed by atoms with Crippen molar-refractivity contribution in [1.82, 2.24) is 4.57 Å². The number of rotatable bonds is 4. The molecule has 0 radical (unpaired) electrons. The van der Waals surface area contributed by atoms with Crippen molar-refractivity contribution in [2.24, 2.45) is 9.98 Å². The molecule has 2 aromatic carbocycles. The fourth-order valence-corrected chi connectivity index (χ4v) is 4.47. The molecule has 5 heteroatoms. The maximum atomic E-state index is 10.9. The fourth-order valence-electron chi connectivity index (χ4n) is 3.49. The minimum absolute atomic E-state index is 0.279. The maximum absolute atomic E-state index is 10.9. The highest BCUT2D eigenvalue weighted by molar-refractivity contribution is 7.11. The molecule has 1 aliphatic carbocycles. The quantitative estimate of drug-likeness (QED) is 0.579. The second-order valence-electron chi connectivity index (χ2n) is 6.78. The zero-order chi connectivity index (χ0) is 18.5. The summed E-state index contributed by atoms with van der Waals surface area (Å²) in [6.07, 6.45) is 7.59. The van der Waals surface area contributed by atoms with E-state index in [-0.39, 0.29) is 5.88 Å². The number of benzene rings is 2. The summed E-state index contributed by atoms with van der Waals surface area (Å²) in [5, 5.41) is 10.9. The van der Waals surface area contributed by atoms with E-state index in [9.17, 15) is 5.11 Å². The second-order valence-corrected chi connectivity index (χ2v) is 7.78. The van der Waals surface area contributed by atoms with Crippen molar-refractivity contribution in [3.05, 3.63) is 70.3 Å². The molecule has 1 aromatic heterocycles. The molecule has 4 rings (SSSR count).